The summed E-state index contributed by atoms with van der Waals surface area (Å²) in [6.45, 7) is 36.0. The van der Waals surface area contributed by atoms with Crippen LogP contribution >= 0.6 is 0 Å². The summed E-state index contributed by atoms with van der Waals surface area (Å²) in [6.07, 6.45) is 7.02. The molecule has 26 heavy (non-hydrogen) atoms. The van der Waals surface area contributed by atoms with E-state index in [9.17, 15) is 9.59 Å². The summed E-state index contributed by atoms with van der Waals surface area (Å²) in [6, 6.07) is 0. The van der Waals surface area contributed by atoms with Gasteiger partial charge >= 0.3 is 0 Å². The molecule has 0 spiro atoms. The molecule has 0 heterocycles. The van der Waals surface area contributed by atoms with Crippen LogP contribution in [0.3, 0.4) is 0 Å². The average molecular weight is 369 g/mol. The minimum absolute atomic E-state index is 0.223. The molecule has 4 N–H and O–H groups in total. The van der Waals surface area contributed by atoms with Gasteiger partial charge in [0, 0.05) is 12.8 Å². The van der Waals surface area contributed by atoms with E-state index in [2.05, 4.69) is 78.9 Å². The van der Waals surface area contributed by atoms with Crippen molar-refractivity contribution in [2.24, 2.45) is 11.5 Å². The molecule has 0 radical (unpaired) electrons. The van der Waals surface area contributed by atoms with Crippen molar-refractivity contribution < 1.29 is 9.59 Å². The molecule has 4 heteroatoms. The van der Waals surface area contributed by atoms with Crippen molar-refractivity contribution in [1.82, 2.24) is 0 Å². The highest BCUT2D eigenvalue weighted by Gasteiger charge is 1.96. The fraction of sp³-hybridized carbons (Fsp3) is 0.364. The SMILES string of the molecule is C=C.C=C.C=C.C=C.C=C.C=C.NC(=O)CCCCCCCCC(N)=O. The Bertz CT molecular complexity index is 221. The van der Waals surface area contributed by atoms with Crippen LogP contribution in [0, 0.1) is 0 Å². The predicted octanol–water partition coefficient (Wildman–Crippen LogP) is 5.89. The number of hydrogen-bond acceptors (Lipinski definition) is 2. The molecule has 0 saturated heterocycles. The molecular weight excluding hydrogens is 324 g/mol. The molecule has 0 aliphatic rings. The van der Waals surface area contributed by atoms with Gasteiger partial charge in [-0.05, 0) is 12.8 Å². The van der Waals surface area contributed by atoms with Crippen molar-refractivity contribution >= 4 is 11.8 Å². The fourth-order valence-corrected chi connectivity index (χ4v) is 1.31. The topological polar surface area (TPSA) is 86.2 Å². The Morgan fingerprint density at radius 1 is 0.423 bits per heavy atom. The normalized spacial score (nSPS) is 6.31. The fourth-order valence-electron chi connectivity index (χ4n) is 1.31. The smallest absolute Gasteiger partial charge is 0.217 e. The Morgan fingerprint density at radius 2 is 0.577 bits per heavy atom. The number of carbonyl (C=O) groups is 2. The molecule has 0 atom stereocenters. The van der Waals surface area contributed by atoms with Gasteiger partial charge in [0.25, 0.3) is 0 Å². The van der Waals surface area contributed by atoms with Crippen molar-refractivity contribution in [1.29, 1.82) is 0 Å². The number of amides is 2. The first kappa shape index (κ1) is 43.6. The largest absolute Gasteiger partial charge is 0.370 e. The van der Waals surface area contributed by atoms with Gasteiger partial charge in [-0.15, -0.1) is 78.9 Å². The lowest BCUT2D eigenvalue weighted by atomic mass is 10.1. The third kappa shape index (κ3) is 126. The summed E-state index contributed by atoms with van der Waals surface area (Å²) in [5.41, 5.74) is 10.00. The highest BCUT2D eigenvalue weighted by atomic mass is 16.1. The lowest BCUT2D eigenvalue weighted by molar-refractivity contribution is -0.119. The predicted molar refractivity (Wildman–Crippen MR) is 123 cm³/mol. The van der Waals surface area contributed by atoms with E-state index in [0.717, 1.165) is 38.5 Å². The molecule has 0 unspecified atom stereocenters. The maximum atomic E-state index is 10.4. The van der Waals surface area contributed by atoms with Crippen LogP contribution in [0.15, 0.2) is 78.9 Å². The summed E-state index contributed by atoms with van der Waals surface area (Å²) < 4.78 is 0. The summed E-state index contributed by atoms with van der Waals surface area (Å²) in [5.74, 6) is -0.447. The molecule has 0 aromatic rings. The van der Waals surface area contributed by atoms with Crippen LogP contribution in [0.4, 0.5) is 0 Å². The van der Waals surface area contributed by atoms with Crippen LogP contribution in [0.5, 0.6) is 0 Å². The zero-order valence-electron chi connectivity index (χ0n) is 17.1. The summed E-state index contributed by atoms with van der Waals surface area (Å²) in [7, 11) is 0. The van der Waals surface area contributed by atoms with Gasteiger partial charge in [0.2, 0.25) is 11.8 Å². The first-order chi connectivity index (χ1) is 12.6. The minimum atomic E-state index is -0.223. The number of carbonyl (C=O) groups excluding carboxylic acids is 2. The van der Waals surface area contributed by atoms with E-state index in [1.165, 1.54) is 0 Å². The lowest BCUT2D eigenvalue weighted by Gasteiger charge is -1.99. The zero-order chi connectivity index (χ0) is 22.8. The summed E-state index contributed by atoms with van der Waals surface area (Å²) in [5, 5.41) is 0. The Labute approximate surface area is 163 Å². The van der Waals surface area contributed by atoms with Crippen molar-refractivity contribution in [2.75, 3.05) is 0 Å². The van der Waals surface area contributed by atoms with E-state index in [1.54, 1.807) is 0 Å². The molecule has 0 aliphatic heterocycles. The third-order valence-corrected chi connectivity index (χ3v) is 2.10. The van der Waals surface area contributed by atoms with E-state index in [1.807, 2.05) is 0 Å². The second-order valence-corrected chi connectivity index (χ2v) is 3.55. The first-order valence-corrected chi connectivity index (χ1v) is 8.19. The van der Waals surface area contributed by atoms with Crippen LogP contribution < -0.4 is 11.5 Å². The Hall–Kier alpha value is -2.62. The second kappa shape index (κ2) is 79.0. The van der Waals surface area contributed by atoms with E-state index >= 15 is 0 Å². The first-order valence-electron chi connectivity index (χ1n) is 8.19. The molecule has 0 aromatic carbocycles. The van der Waals surface area contributed by atoms with Gasteiger partial charge in [-0.1, -0.05) is 25.7 Å². The molecule has 2 amide bonds. The van der Waals surface area contributed by atoms with Crippen LogP contribution in [-0.2, 0) is 9.59 Å². The van der Waals surface area contributed by atoms with E-state index in [-0.39, 0.29) is 11.8 Å². The van der Waals surface area contributed by atoms with E-state index in [4.69, 9.17) is 11.5 Å². The van der Waals surface area contributed by atoms with Crippen molar-refractivity contribution in [3.63, 3.8) is 0 Å². The van der Waals surface area contributed by atoms with Crippen molar-refractivity contribution in [2.45, 2.75) is 51.4 Å². The monoisotopic (exact) mass is 368 g/mol. The molecule has 0 aromatic heterocycles. The maximum Gasteiger partial charge on any atom is 0.217 e. The number of primary amides is 2. The standard InChI is InChI=1S/C10H20N2O2.6C2H4/c11-9(13)7-5-3-1-2-4-6-8-10(12)14;6*1-2/h1-8H2,(H2,11,13)(H2,12,14);6*1-2H2. The number of hydrogen-bond donors (Lipinski definition) is 2. The molecule has 0 aliphatic carbocycles. The van der Waals surface area contributed by atoms with Crippen molar-refractivity contribution in [3.05, 3.63) is 78.9 Å². The van der Waals surface area contributed by atoms with Gasteiger partial charge in [0.1, 0.15) is 0 Å². The Kier molecular flexibility index (Phi) is 133. The van der Waals surface area contributed by atoms with Crippen LogP contribution in [-0.4, -0.2) is 11.8 Å². The average Bonchev–Trinajstić information content (AvgIpc) is 2.73. The number of nitrogens with two attached hydrogens (primary N) is 2. The molecule has 0 rings (SSSR count). The molecular formula is C22H44N2O2. The van der Waals surface area contributed by atoms with Crippen molar-refractivity contribution in [3.8, 4) is 0 Å². The Morgan fingerprint density at radius 3 is 0.731 bits per heavy atom. The zero-order valence-corrected chi connectivity index (χ0v) is 17.1. The molecule has 0 fully saturated rings. The molecule has 154 valence electrons. The van der Waals surface area contributed by atoms with Crippen LogP contribution in [0.2, 0.25) is 0 Å². The van der Waals surface area contributed by atoms with Gasteiger partial charge < -0.3 is 11.5 Å². The maximum absolute atomic E-state index is 10.4. The van der Waals surface area contributed by atoms with Gasteiger partial charge in [0.15, 0.2) is 0 Å². The van der Waals surface area contributed by atoms with Gasteiger partial charge in [-0.2, -0.15) is 0 Å². The van der Waals surface area contributed by atoms with E-state index in [0.29, 0.717) is 12.8 Å². The summed E-state index contributed by atoms with van der Waals surface area (Å²) in [4.78, 5) is 20.8. The highest BCUT2D eigenvalue weighted by molar-refractivity contribution is 5.73. The third-order valence-electron chi connectivity index (χ3n) is 2.10. The minimum Gasteiger partial charge on any atom is -0.370 e. The molecule has 0 bridgehead atoms. The van der Waals surface area contributed by atoms with Gasteiger partial charge in [-0.3, -0.25) is 9.59 Å². The van der Waals surface area contributed by atoms with Gasteiger partial charge in [-0.25, -0.2) is 0 Å². The molecule has 0 saturated carbocycles. The van der Waals surface area contributed by atoms with Crippen LogP contribution in [0.1, 0.15) is 51.4 Å². The second-order valence-electron chi connectivity index (χ2n) is 3.55. The number of rotatable bonds is 9. The highest BCUT2D eigenvalue weighted by Crippen LogP contribution is 2.07. The summed E-state index contributed by atoms with van der Waals surface area (Å²) >= 11 is 0. The quantitative estimate of drug-likeness (QED) is 0.392. The lowest BCUT2D eigenvalue weighted by Crippen LogP contribution is -2.09. The molecule has 4 nitrogen and oxygen atoms in total. The van der Waals surface area contributed by atoms with Gasteiger partial charge in [0.05, 0.1) is 0 Å². The van der Waals surface area contributed by atoms with Crippen LogP contribution in [0.25, 0.3) is 0 Å². The number of unbranched alkanes of at least 4 members (excludes halogenated alkanes) is 5. The Balaban J connectivity index is -0.0000000507. The van der Waals surface area contributed by atoms with E-state index < -0.39 is 0 Å².